The van der Waals surface area contributed by atoms with Crippen LogP contribution in [0.15, 0.2) is 48.5 Å². The zero-order valence-electron chi connectivity index (χ0n) is 15.8. The first kappa shape index (κ1) is 19.5. The molecule has 3 N–H and O–H groups in total. The molecule has 7 heteroatoms. The van der Waals surface area contributed by atoms with Crippen LogP contribution in [0.1, 0.15) is 12.0 Å². The van der Waals surface area contributed by atoms with E-state index in [2.05, 4.69) is 21.2 Å². The van der Waals surface area contributed by atoms with Gasteiger partial charge in [0.25, 0.3) is 0 Å². The highest BCUT2D eigenvalue weighted by molar-refractivity contribution is 5.87. The minimum atomic E-state index is -0.576. The van der Waals surface area contributed by atoms with E-state index in [-0.39, 0.29) is 0 Å². The van der Waals surface area contributed by atoms with Crippen LogP contribution in [-0.4, -0.2) is 50.3 Å². The van der Waals surface area contributed by atoms with Crippen molar-refractivity contribution >= 4 is 17.4 Å². The molecule has 1 heterocycles. The first-order chi connectivity index (χ1) is 13.6. The summed E-state index contributed by atoms with van der Waals surface area (Å²) in [5.74, 6) is 0.778. The lowest BCUT2D eigenvalue weighted by molar-refractivity contribution is 0.225. The van der Waals surface area contributed by atoms with Gasteiger partial charge in [-0.15, -0.1) is 0 Å². The molecule has 1 saturated heterocycles. The quantitative estimate of drug-likeness (QED) is 0.721. The summed E-state index contributed by atoms with van der Waals surface area (Å²) in [6.07, 6.45) is 0.957. The molecule has 0 spiro atoms. The van der Waals surface area contributed by atoms with Crippen LogP contribution in [0.3, 0.4) is 0 Å². The zero-order valence-corrected chi connectivity index (χ0v) is 15.8. The Bertz CT molecular complexity index is 806. The standard InChI is InChI=1S/C21H25N5O2/c22-16-17-2-6-19(7-3-17)26-13-11-25(12-14-26)10-1-15-28-20-8-4-18(5-9-20)24-21(23)27/h2-9H,1,10-15H2,(H3,23,24,27). The number of amides is 2. The van der Waals surface area contributed by atoms with E-state index in [1.54, 1.807) is 12.1 Å². The van der Waals surface area contributed by atoms with Gasteiger partial charge in [0, 0.05) is 44.1 Å². The largest absolute Gasteiger partial charge is 0.494 e. The van der Waals surface area contributed by atoms with Gasteiger partial charge in [-0.2, -0.15) is 5.26 Å². The third-order valence-electron chi connectivity index (χ3n) is 4.74. The molecule has 0 bridgehead atoms. The molecule has 1 fully saturated rings. The monoisotopic (exact) mass is 379 g/mol. The van der Waals surface area contributed by atoms with Gasteiger partial charge < -0.3 is 20.7 Å². The number of carbonyl (C=O) groups excluding carboxylic acids is 1. The molecule has 2 aromatic carbocycles. The van der Waals surface area contributed by atoms with Crippen LogP contribution in [-0.2, 0) is 0 Å². The Morgan fingerprint density at radius 1 is 1.07 bits per heavy atom. The molecule has 0 radical (unpaired) electrons. The molecule has 0 aromatic heterocycles. The molecular formula is C21H25N5O2. The maximum Gasteiger partial charge on any atom is 0.316 e. The van der Waals surface area contributed by atoms with Crippen LogP contribution in [0.25, 0.3) is 0 Å². The lowest BCUT2D eigenvalue weighted by atomic mass is 10.2. The Morgan fingerprint density at radius 2 is 1.75 bits per heavy atom. The van der Waals surface area contributed by atoms with E-state index in [9.17, 15) is 4.79 Å². The highest BCUT2D eigenvalue weighted by Gasteiger charge is 2.16. The summed E-state index contributed by atoms with van der Waals surface area (Å²) >= 11 is 0. The molecule has 146 valence electrons. The molecule has 0 aliphatic carbocycles. The van der Waals surface area contributed by atoms with Gasteiger partial charge >= 0.3 is 6.03 Å². The van der Waals surface area contributed by atoms with E-state index >= 15 is 0 Å². The summed E-state index contributed by atoms with van der Waals surface area (Å²) in [4.78, 5) is 15.6. The third-order valence-corrected chi connectivity index (χ3v) is 4.74. The van der Waals surface area contributed by atoms with Crippen molar-refractivity contribution in [2.24, 2.45) is 5.73 Å². The smallest absolute Gasteiger partial charge is 0.316 e. The van der Waals surface area contributed by atoms with Crippen LogP contribution in [0.4, 0.5) is 16.2 Å². The summed E-state index contributed by atoms with van der Waals surface area (Å²) in [5.41, 5.74) is 7.61. The number of urea groups is 1. The second kappa shape index (κ2) is 9.62. The van der Waals surface area contributed by atoms with Crippen LogP contribution < -0.4 is 20.7 Å². The minimum Gasteiger partial charge on any atom is -0.494 e. The Kier molecular flexibility index (Phi) is 6.71. The predicted molar refractivity (Wildman–Crippen MR) is 110 cm³/mol. The number of hydrogen-bond acceptors (Lipinski definition) is 5. The van der Waals surface area contributed by atoms with Gasteiger partial charge in [0.1, 0.15) is 5.75 Å². The number of carbonyl (C=O) groups is 1. The number of nitrogens with zero attached hydrogens (tertiary/aromatic N) is 3. The first-order valence-electron chi connectivity index (χ1n) is 9.41. The molecule has 1 aliphatic heterocycles. The SMILES string of the molecule is N#Cc1ccc(N2CCN(CCCOc3ccc(NC(N)=O)cc3)CC2)cc1. The van der Waals surface area contributed by atoms with Gasteiger partial charge in [0.15, 0.2) is 0 Å². The van der Waals surface area contributed by atoms with Crippen molar-refractivity contribution in [2.45, 2.75) is 6.42 Å². The number of nitrogens with two attached hydrogens (primary N) is 1. The number of primary amides is 1. The Hall–Kier alpha value is -3.24. The molecule has 2 amide bonds. The van der Waals surface area contributed by atoms with E-state index in [4.69, 9.17) is 15.7 Å². The van der Waals surface area contributed by atoms with E-state index in [1.807, 2.05) is 36.4 Å². The van der Waals surface area contributed by atoms with E-state index in [0.717, 1.165) is 44.9 Å². The molecule has 28 heavy (non-hydrogen) atoms. The summed E-state index contributed by atoms with van der Waals surface area (Å²) in [6, 6.07) is 16.5. The number of nitrogens with one attached hydrogen (secondary N) is 1. The van der Waals surface area contributed by atoms with E-state index < -0.39 is 6.03 Å². The predicted octanol–water partition coefficient (Wildman–Crippen LogP) is 2.64. The second-order valence-electron chi connectivity index (χ2n) is 6.70. The van der Waals surface area contributed by atoms with Crippen LogP contribution in [0.2, 0.25) is 0 Å². The maximum absolute atomic E-state index is 10.8. The van der Waals surface area contributed by atoms with Gasteiger partial charge in [-0.3, -0.25) is 4.90 Å². The molecule has 2 aromatic rings. The maximum atomic E-state index is 10.8. The topological polar surface area (TPSA) is 94.6 Å². The molecule has 0 unspecified atom stereocenters. The molecule has 7 nitrogen and oxygen atoms in total. The number of rotatable bonds is 7. The van der Waals surface area contributed by atoms with Gasteiger partial charge in [-0.25, -0.2) is 4.79 Å². The average molecular weight is 379 g/mol. The van der Waals surface area contributed by atoms with Crippen LogP contribution >= 0.6 is 0 Å². The first-order valence-corrected chi connectivity index (χ1v) is 9.41. The number of ether oxygens (including phenoxy) is 1. The Labute approximate surface area is 165 Å². The normalized spacial score (nSPS) is 14.3. The highest BCUT2D eigenvalue weighted by atomic mass is 16.5. The van der Waals surface area contributed by atoms with Gasteiger partial charge in [0.05, 0.1) is 18.2 Å². The van der Waals surface area contributed by atoms with Crippen LogP contribution in [0, 0.1) is 11.3 Å². The lowest BCUT2D eigenvalue weighted by Crippen LogP contribution is -2.46. The molecular weight excluding hydrogens is 354 g/mol. The summed E-state index contributed by atoms with van der Waals surface area (Å²) in [5, 5.41) is 11.4. The molecule has 0 saturated carbocycles. The van der Waals surface area contributed by atoms with Crippen molar-refractivity contribution in [1.29, 1.82) is 5.26 Å². The van der Waals surface area contributed by atoms with Gasteiger partial charge in [-0.1, -0.05) is 0 Å². The van der Waals surface area contributed by atoms with Crippen molar-refractivity contribution in [2.75, 3.05) is 49.5 Å². The van der Waals surface area contributed by atoms with Crippen LogP contribution in [0.5, 0.6) is 5.75 Å². The third kappa shape index (κ3) is 5.63. The Balaban J connectivity index is 1.34. The molecule has 1 aliphatic rings. The summed E-state index contributed by atoms with van der Waals surface area (Å²) in [7, 11) is 0. The number of benzene rings is 2. The Morgan fingerprint density at radius 3 is 2.36 bits per heavy atom. The minimum absolute atomic E-state index is 0.576. The zero-order chi connectivity index (χ0) is 19.8. The average Bonchev–Trinajstić information content (AvgIpc) is 2.72. The van der Waals surface area contributed by atoms with Crippen molar-refractivity contribution < 1.29 is 9.53 Å². The summed E-state index contributed by atoms with van der Waals surface area (Å²) < 4.78 is 5.76. The number of anilines is 2. The van der Waals surface area contributed by atoms with Crippen molar-refractivity contribution in [3.8, 4) is 11.8 Å². The second-order valence-corrected chi connectivity index (χ2v) is 6.70. The fraction of sp³-hybridized carbons (Fsp3) is 0.333. The van der Waals surface area contributed by atoms with Gasteiger partial charge in [0.2, 0.25) is 0 Å². The number of piperazine rings is 1. The molecule has 0 atom stereocenters. The molecule has 3 rings (SSSR count). The fourth-order valence-corrected chi connectivity index (χ4v) is 3.23. The van der Waals surface area contributed by atoms with Gasteiger partial charge in [-0.05, 0) is 55.0 Å². The number of nitriles is 1. The number of hydrogen-bond donors (Lipinski definition) is 2. The summed E-state index contributed by atoms with van der Waals surface area (Å²) in [6.45, 7) is 5.67. The lowest BCUT2D eigenvalue weighted by Gasteiger charge is -2.36. The van der Waals surface area contributed by atoms with Crippen molar-refractivity contribution in [3.63, 3.8) is 0 Å². The van der Waals surface area contributed by atoms with E-state index in [1.165, 1.54) is 5.69 Å². The van der Waals surface area contributed by atoms with Crippen molar-refractivity contribution in [1.82, 2.24) is 4.90 Å². The highest BCUT2D eigenvalue weighted by Crippen LogP contribution is 2.18. The fourth-order valence-electron chi connectivity index (χ4n) is 3.23. The van der Waals surface area contributed by atoms with E-state index in [0.29, 0.717) is 17.9 Å². The van der Waals surface area contributed by atoms with Crippen molar-refractivity contribution in [3.05, 3.63) is 54.1 Å².